The summed E-state index contributed by atoms with van der Waals surface area (Å²) in [5.74, 6) is 1.95. The first-order valence-corrected chi connectivity index (χ1v) is 7.24. The fourth-order valence-electron chi connectivity index (χ4n) is 2.54. The Kier molecular flexibility index (Phi) is 3.67. The van der Waals surface area contributed by atoms with Crippen LogP contribution >= 0.6 is 0 Å². The molecule has 2 fully saturated rings. The summed E-state index contributed by atoms with van der Waals surface area (Å²) in [5.41, 5.74) is 2.39. The van der Waals surface area contributed by atoms with Crippen LogP contribution in [0.3, 0.4) is 0 Å². The van der Waals surface area contributed by atoms with Gasteiger partial charge in [-0.1, -0.05) is 24.3 Å². The van der Waals surface area contributed by atoms with Crippen molar-refractivity contribution >= 4 is 0 Å². The Morgan fingerprint density at radius 3 is 1.83 bits per heavy atom. The second-order valence-corrected chi connectivity index (χ2v) is 6.06. The number of rotatable bonds is 7. The van der Waals surface area contributed by atoms with Crippen LogP contribution in [0.5, 0.6) is 0 Å². The van der Waals surface area contributed by atoms with Crippen LogP contribution in [0.25, 0.3) is 0 Å². The van der Waals surface area contributed by atoms with E-state index in [9.17, 15) is 0 Å². The summed E-state index contributed by atoms with van der Waals surface area (Å²) in [6.07, 6.45) is 5.74. The van der Waals surface area contributed by atoms with Gasteiger partial charge >= 0.3 is 0 Å². The van der Waals surface area contributed by atoms with Gasteiger partial charge in [0.15, 0.2) is 0 Å². The molecular weight excluding hydrogens is 222 g/mol. The molecule has 18 heavy (non-hydrogen) atoms. The van der Waals surface area contributed by atoms with E-state index in [1.807, 2.05) is 12.1 Å². The van der Waals surface area contributed by atoms with E-state index in [4.69, 9.17) is 5.11 Å². The average molecular weight is 245 g/mol. The quantitative estimate of drug-likeness (QED) is 0.798. The average Bonchev–Trinajstić information content (AvgIpc) is 3.26. The van der Waals surface area contributed by atoms with Crippen LogP contribution in [0, 0.1) is 11.8 Å². The molecule has 98 valence electrons. The van der Waals surface area contributed by atoms with Gasteiger partial charge in [0.2, 0.25) is 0 Å². The molecule has 2 aliphatic rings. The molecule has 0 saturated heterocycles. The number of hydrogen-bond donors (Lipinski definition) is 1. The van der Waals surface area contributed by atoms with Gasteiger partial charge in [-0.3, -0.25) is 4.90 Å². The number of benzene rings is 1. The molecule has 1 N–H and O–H groups in total. The Morgan fingerprint density at radius 1 is 0.889 bits per heavy atom. The fourth-order valence-corrected chi connectivity index (χ4v) is 2.54. The molecule has 2 heteroatoms. The Morgan fingerprint density at radius 2 is 1.39 bits per heavy atom. The summed E-state index contributed by atoms with van der Waals surface area (Å²) in [6.45, 7) is 3.81. The molecule has 1 aromatic carbocycles. The van der Waals surface area contributed by atoms with Gasteiger partial charge in [-0.25, -0.2) is 0 Å². The molecule has 0 amide bonds. The highest BCUT2D eigenvalue weighted by Gasteiger charge is 2.28. The van der Waals surface area contributed by atoms with Crippen LogP contribution in [0.1, 0.15) is 36.8 Å². The summed E-state index contributed by atoms with van der Waals surface area (Å²) in [6, 6.07) is 8.42. The molecule has 2 saturated carbocycles. The van der Waals surface area contributed by atoms with Gasteiger partial charge in [0, 0.05) is 19.6 Å². The molecular formula is C16H23NO. The first-order chi connectivity index (χ1) is 8.83. The molecule has 3 rings (SSSR count). The Bertz CT molecular complexity index is 365. The molecule has 2 nitrogen and oxygen atoms in total. The van der Waals surface area contributed by atoms with Crippen molar-refractivity contribution in [3.63, 3.8) is 0 Å². The van der Waals surface area contributed by atoms with Crippen LogP contribution in [0.15, 0.2) is 24.3 Å². The van der Waals surface area contributed by atoms with Crippen molar-refractivity contribution in [1.82, 2.24) is 4.90 Å². The highest BCUT2D eigenvalue weighted by atomic mass is 16.3. The first-order valence-electron chi connectivity index (χ1n) is 7.24. The number of hydrogen-bond acceptors (Lipinski definition) is 2. The minimum atomic E-state index is 0.147. The van der Waals surface area contributed by atoms with Crippen molar-refractivity contribution in [1.29, 1.82) is 0 Å². The van der Waals surface area contributed by atoms with Gasteiger partial charge in [0.05, 0.1) is 6.61 Å². The van der Waals surface area contributed by atoms with Crippen molar-refractivity contribution in [3.8, 4) is 0 Å². The Balaban J connectivity index is 1.58. The maximum Gasteiger partial charge on any atom is 0.0681 e. The first kappa shape index (κ1) is 12.2. The third kappa shape index (κ3) is 3.56. The largest absolute Gasteiger partial charge is 0.392 e. The Hall–Kier alpha value is -0.860. The van der Waals surface area contributed by atoms with E-state index < -0.39 is 0 Å². The second-order valence-electron chi connectivity index (χ2n) is 6.06. The zero-order valence-corrected chi connectivity index (χ0v) is 11.0. The van der Waals surface area contributed by atoms with Crippen molar-refractivity contribution in [3.05, 3.63) is 35.4 Å². The molecule has 0 spiro atoms. The standard InChI is InChI=1S/C16H23NO/c18-12-16-7-5-15(6-8-16)11-17(9-13-1-2-13)10-14-3-4-14/h5-8,13-14,18H,1-4,9-12H2. The minimum Gasteiger partial charge on any atom is -0.392 e. The molecule has 1 aromatic rings. The number of aliphatic hydroxyl groups is 1. The highest BCUT2D eigenvalue weighted by molar-refractivity contribution is 5.21. The van der Waals surface area contributed by atoms with Crippen LogP contribution in [-0.2, 0) is 13.2 Å². The van der Waals surface area contributed by atoms with Gasteiger partial charge in [0.1, 0.15) is 0 Å². The zero-order chi connectivity index (χ0) is 12.4. The fraction of sp³-hybridized carbons (Fsp3) is 0.625. The molecule has 0 aromatic heterocycles. The minimum absolute atomic E-state index is 0.147. The van der Waals surface area contributed by atoms with Crippen molar-refractivity contribution in [2.75, 3.05) is 13.1 Å². The topological polar surface area (TPSA) is 23.5 Å². The predicted octanol–water partition coefficient (Wildman–Crippen LogP) is 2.80. The summed E-state index contributed by atoms with van der Waals surface area (Å²) in [4.78, 5) is 2.64. The van der Waals surface area contributed by atoms with E-state index in [2.05, 4.69) is 17.0 Å². The van der Waals surface area contributed by atoms with Crippen molar-refractivity contribution in [2.24, 2.45) is 11.8 Å². The molecule has 0 aliphatic heterocycles. The third-order valence-electron chi connectivity index (χ3n) is 4.04. The van der Waals surface area contributed by atoms with Gasteiger partial charge < -0.3 is 5.11 Å². The van der Waals surface area contributed by atoms with Crippen LogP contribution < -0.4 is 0 Å². The SMILES string of the molecule is OCc1ccc(CN(CC2CC2)CC2CC2)cc1. The zero-order valence-electron chi connectivity index (χ0n) is 11.0. The predicted molar refractivity (Wildman–Crippen MR) is 73.1 cm³/mol. The van der Waals surface area contributed by atoms with Gasteiger partial charge in [0.25, 0.3) is 0 Å². The summed E-state index contributed by atoms with van der Waals surface area (Å²) < 4.78 is 0. The summed E-state index contributed by atoms with van der Waals surface area (Å²) >= 11 is 0. The Labute approximate surface area is 110 Å². The maximum absolute atomic E-state index is 9.05. The smallest absolute Gasteiger partial charge is 0.0681 e. The summed E-state index contributed by atoms with van der Waals surface area (Å²) in [7, 11) is 0. The van der Waals surface area contributed by atoms with Gasteiger partial charge in [-0.05, 0) is 48.6 Å². The number of aliphatic hydroxyl groups excluding tert-OH is 1. The van der Waals surface area contributed by atoms with Crippen LogP contribution in [-0.4, -0.2) is 23.1 Å². The lowest BCUT2D eigenvalue weighted by Gasteiger charge is -2.22. The van der Waals surface area contributed by atoms with E-state index in [1.165, 1.54) is 44.3 Å². The van der Waals surface area contributed by atoms with Gasteiger partial charge in [-0.15, -0.1) is 0 Å². The van der Waals surface area contributed by atoms with Gasteiger partial charge in [-0.2, -0.15) is 0 Å². The monoisotopic (exact) mass is 245 g/mol. The lowest BCUT2D eigenvalue weighted by Crippen LogP contribution is -2.27. The summed E-state index contributed by atoms with van der Waals surface area (Å²) in [5, 5.41) is 9.05. The second kappa shape index (κ2) is 5.41. The van der Waals surface area contributed by atoms with E-state index in [1.54, 1.807) is 0 Å². The van der Waals surface area contributed by atoms with Crippen molar-refractivity contribution in [2.45, 2.75) is 38.8 Å². The lowest BCUT2D eigenvalue weighted by atomic mass is 10.1. The van der Waals surface area contributed by atoms with E-state index in [0.717, 1.165) is 23.9 Å². The van der Waals surface area contributed by atoms with E-state index in [-0.39, 0.29) is 6.61 Å². The maximum atomic E-state index is 9.05. The molecule has 0 unspecified atom stereocenters. The number of nitrogens with zero attached hydrogens (tertiary/aromatic N) is 1. The molecule has 2 aliphatic carbocycles. The molecule has 0 heterocycles. The van der Waals surface area contributed by atoms with Crippen LogP contribution in [0.4, 0.5) is 0 Å². The molecule has 0 bridgehead atoms. The van der Waals surface area contributed by atoms with E-state index in [0.29, 0.717) is 0 Å². The van der Waals surface area contributed by atoms with Crippen molar-refractivity contribution < 1.29 is 5.11 Å². The normalized spacial score (nSPS) is 19.4. The third-order valence-corrected chi connectivity index (χ3v) is 4.04. The molecule has 0 radical (unpaired) electrons. The van der Waals surface area contributed by atoms with Crippen LogP contribution in [0.2, 0.25) is 0 Å². The van der Waals surface area contributed by atoms with E-state index >= 15 is 0 Å². The highest BCUT2D eigenvalue weighted by Crippen LogP contribution is 2.34. The molecule has 0 atom stereocenters. The lowest BCUT2D eigenvalue weighted by molar-refractivity contribution is 0.244.